The highest BCUT2D eigenvalue weighted by Gasteiger charge is 2.59. The van der Waals surface area contributed by atoms with E-state index in [2.05, 4.69) is 5.32 Å². The van der Waals surface area contributed by atoms with Crippen LogP contribution in [0.2, 0.25) is 0 Å². The molecule has 8 nitrogen and oxygen atoms in total. The molecule has 0 aromatic heterocycles. The molecule has 5 N–H and O–H groups in total. The number of nitrogens with two attached hydrogens (primary N) is 1. The van der Waals surface area contributed by atoms with E-state index in [9.17, 15) is 19.5 Å². The van der Waals surface area contributed by atoms with Gasteiger partial charge in [-0.3, -0.25) is 19.3 Å². The number of carbonyl (C=O) groups excluding carboxylic acids is 1. The lowest BCUT2D eigenvalue weighted by Crippen LogP contribution is -2.66. The van der Waals surface area contributed by atoms with Gasteiger partial charge in [0.25, 0.3) is 0 Å². The van der Waals surface area contributed by atoms with Crippen LogP contribution in [0.1, 0.15) is 41.2 Å². The summed E-state index contributed by atoms with van der Waals surface area (Å²) in [6.45, 7) is -6.15. The summed E-state index contributed by atoms with van der Waals surface area (Å²) in [4.78, 5) is 35.8. The van der Waals surface area contributed by atoms with Crippen LogP contribution in [0.3, 0.4) is 0 Å². The minimum Gasteiger partial charge on any atom is -0.480 e. The minimum atomic E-state index is -3.08. The number of thioether (sulfide) groups is 1. The summed E-state index contributed by atoms with van der Waals surface area (Å²) in [5.41, 5.74) is 5.36. The average molecular weight is 351 g/mol. The van der Waals surface area contributed by atoms with Gasteiger partial charge in [0.2, 0.25) is 5.91 Å². The number of carboxylic acids is 2. The van der Waals surface area contributed by atoms with Gasteiger partial charge in [-0.05, 0) is 26.5 Å². The Hall–Kier alpha value is -1.32. The first-order chi connectivity index (χ1) is 13.1. The van der Waals surface area contributed by atoms with Crippen molar-refractivity contribution < 1.29 is 32.8 Å². The summed E-state index contributed by atoms with van der Waals surface area (Å²) < 4.78 is 44.0. The summed E-state index contributed by atoms with van der Waals surface area (Å²) in [6.07, 6.45) is 0.306. The zero-order valence-electron chi connectivity index (χ0n) is 18.2. The number of carbonyl (C=O) groups is 3. The number of aliphatic carboxylic acids is 2. The fourth-order valence-corrected chi connectivity index (χ4v) is 4.13. The van der Waals surface area contributed by atoms with Crippen molar-refractivity contribution in [2.24, 2.45) is 5.73 Å². The number of rotatable bonds is 7. The van der Waals surface area contributed by atoms with E-state index in [0.717, 1.165) is 0 Å². The molecule has 0 aliphatic carbocycles. The Morgan fingerprint density at radius 3 is 2.74 bits per heavy atom. The van der Waals surface area contributed by atoms with Crippen LogP contribution >= 0.6 is 11.8 Å². The fraction of sp³-hybridized carbons (Fsp3) is 0.786. The minimum absolute atomic E-state index is 0.00290. The van der Waals surface area contributed by atoms with E-state index in [1.165, 1.54) is 4.90 Å². The summed E-state index contributed by atoms with van der Waals surface area (Å²) >= 11 is 0.549. The van der Waals surface area contributed by atoms with Crippen molar-refractivity contribution in [2.75, 3.05) is 6.54 Å². The van der Waals surface area contributed by atoms with Gasteiger partial charge in [-0.15, -0.1) is 11.8 Å². The molecular formula is C14H23N3O5S. The molecule has 130 valence electrons. The van der Waals surface area contributed by atoms with Crippen LogP contribution in [0.5, 0.6) is 0 Å². The maximum absolute atomic E-state index is 12.1. The van der Waals surface area contributed by atoms with Crippen molar-refractivity contribution >= 4 is 29.6 Å². The van der Waals surface area contributed by atoms with E-state index in [-0.39, 0.29) is 25.8 Å². The molecule has 0 aromatic rings. The normalized spacial score (nSPS) is 35.1. The predicted molar refractivity (Wildman–Crippen MR) is 85.0 cm³/mol. The molecular weight excluding hydrogens is 322 g/mol. The second-order valence-corrected chi connectivity index (χ2v) is 7.06. The van der Waals surface area contributed by atoms with Crippen LogP contribution in [-0.2, 0) is 14.4 Å². The van der Waals surface area contributed by atoms with Gasteiger partial charge in [-0.1, -0.05) is 0 Å². The van der Waals surface area contributed by atoms with Gasteiger partial charge >= 0.3 is 11.9 Å². The van der Waals surface area contributed by atoms with Gasteiger partial charge in [0, 0.05) is 25.9 Å². The van der Waals surface area contributed by atoms with E-state index in [1.807, 2.05) is 0 Å². The maximum Gasteiger partial charge on any atom is 0.322 e. The zero-order chi connectivity index (χ0) is 22.4. The Kier molecular flexibility index (Phi) is 3.26. The Balaban J connectivity index is 2.09. The highest BCUT2D eigenvalue weighted by Crippen LogP contribution is 2.50. The number of carboxylic acid groups (broad SMARTS) is 2. The number of nitrogens with one attached hydrogen (secondary N) is 1. The van der Waals surface area contributed by atoms with E-state index in [4.69, 9.17) is 19.1 Å². The highest BCUT2D eigenvalue weighted by atomic mass is 32.2. The Morgan fingerprint density at radius 2 is 2.17 bits per heavy atom. The summed E-state index contributed by atoms with van der Waals surface area (Å²) in [5.74, 6) is -3.15. The van der Waals surface area contributed by atoms with E-state index < -0.39 is 59.8 Å². The van der Waals surface area contributed by atoms with Crippen LogP contribution in [0.15, 0.2) is 0 Å². The van der Waals surface area contributed by atoms with Crippen molar-refractivity contribution in [3.05, 3.63) is 0 Å². The molecule has 0 saturated carbocycles. The highest BCUT2D eigenvalue weighted by molar-refractivity contribution is 8.01. The van der Waals surface area contributed by atoms with Crippen molar-refractivity contribution in [1.29, 1.82) is 0 Å². The quantitative estimate of drug-likeness (QED) is 0.490. The number of fused-ring (bicyclic) bond motifs is 1. The summed E-state index contributed by atoms with van der Waals surface area (Å²) in [5, 5.41) is 20.1. The molecule has 1 amide bonds. The molecule has 0 unspecified atom stereocenters. The Labute approximate surface area is 147 Å². The largest absolute Gasteiger partial charge is 0.480 e. The summed E-state index contributed by atoms with van der Waals surface area (Å²) in [6, 6.07) is -3.45. The molecule has 2 rings (SSSR count). The Bertz CT molecular complexity index is 674. The van der Waals surface area contributed by atoms with Gasteiger partial charge < -0.3 is 21.3 Å². The monoisotopic (exact) mass is 351 g/mol. The molecule has 0 spiro atoms. The Morgan fingerprint density at radius 1 is 1.48 bits per heavy atom. The van der Waals surface area contributed by atoms with Crippen molar-refractivity contribution in [2.45, 2.75) is 61.2 Å². The third kappa shape index (κ3) is 3.78. The molecule has 4 atom stereocenters. The SMILES string of the molecule is [2H]C([2H])([2H])C1(C([2H])([2H])[2H])S[C@@H]2[C@H](NC(=O)CCC[C@@H](N)C(=O)O)CN2[C@H]1C(=O)O. The van der Waals surface area contributed by atoms with Crippen LogP contribution in [0.25, 0.3) is 0 Å². The molecule has 23 heavy (non-hydrogen) atoms. The standard InChI is InChI=1S/C14H23N3O5S/c1-14(2)10(13(21)22)17-6-8(11(17)23-14)16-9(18)5-3-4-7(15)12(19)20/h7-8,10-11H,3-6,15H2,1-2H3,(H,16,18)(H,19,20)(H,21,22)/t7-,8-,10+,11-/m1/s1/i1D3,2D3. The second kappa shape index (κ2) is 6.66. The lowest BCUT2D eigenvalue weighted by molar-refractivity contribution is -0.146. The third-order valence-electron chi connectivity index (χ3n) is 3.92. The maximum atomic E-state index is 12.1. The number of amides is 1. The van der Waals surface area contributed by atoms with E-state index >= 15 is 0 Å². The average Bonchev–Trinajstić information content (AvgIpc) is 2.82. The smallest absolute Gasteiger partial charge is 0.322 e. The number of hydrogen-bond donors (Lipinski definition) is 4. The number of hydrogen-bond acceptors (Lipinski definition) is 6. The molecule has 9 heteroatoms. The lowest BCUT2D eigenvalue weighted by atomic mass is 9.96. The number of nitrogens with zero attached hydrogens (tertiary/aromatic N) is 1. The van der Waals surface area contributed by atoms with Crippen LogP contribution in [0.4, 0.5) is 0 Å². The molecule has 0 bridgehead atoms. The molecule has 2 aliphatic rings. The molecule has 2 aliphatic heterocycles. The molecule has 0 aromatic carbocycles. The molecule has 0 radical (unpaired) electrons. The molecule has 2 fully saturated rings. The van der Waals surface area contributed by atoms with E-state index in [1.54, 1.807) is 0 Å². The molecule has 2 heterocycles. The van der Waals surface area contributed by atoms with Crippen molar-refractivity contribution in [3.8, 4) is 0 Å². The lowest BCUT2D eigenvalue weighted by Gasteiger charge is -2.44. The first kappa shape index (κ1) is 11.3. The topological polar surface area (TPSA) is 133 Å². The first-order valence-electron chi connectivity index (χ1n) is 10.1. The van der Waals surface area contributed by atoms with Gasteiger partial charge in [-0.25, -0.2) is 0 Å². The van der Waals surface area contributed by atoms with Crippen molar-refractivity contribution in [1.82, 2.24) is 10.2 Å². The second-order valence-electron chi connectivity index (χ2n) is 5.69. The van der Waals surface area contributed by atoms with Crippen LogP contribution in [0, 0.1) is 0 Å². The van der Waals surface area contributed by atoms with Crippen LogP contribution < -0.4 is 11.1 Å². The molecule has 2 saturated heterocycles. The van der Waals surface area contributed by atoms with Crippen molar-refractivity contribution in [3.63, 3.8) is 0 Å². The van der Waals surface area contributed by atoms with Gasteiger partial charge in [0.05, 0.1) is 11.4 Å². The van der Waals surface area contributed by atoms with Gasteiger partial charge in [-0.2, -0.15) is 0 Å². The fourth-order valence-electron chi connectivity index (χ4n) is 2.72. The van der Waals surface area contributed by atoms with E-state index in [0.29, 0.717) is 11.8 Å². The first-order valence-corrected chi connectivity index (χ1v) is 7.95. The summed E-state index contributed by atoms with van der Waals surface area (Å²) in [7, 11) is 0. The predicted octanol–water partition coefficient (Wildman–Crippen LogP) is -0.326. The third-order valence-corrected chi connectivity index (χ3v) is 5.35. The van der Waals surface area contributed by atoms with Gasteiger partial charge in [0.1, 0.15) is 12.1 Å². The van der Waals surface area contributed by atoms with Crippen LogP contribution in [-0.4, -0.2) is 67.7 Å². The van der Waals surface area contributed by atoms with Gasteiger partial charge in [0.15, 0.2) is 0 Å². The zero-order valence-corrected chi connectivity index (χ0v) is 13.0.